The first-order valence-corrected chi connectivity index (χ1v) is 7.83. The van der Waals surface area contributed by atoms with Gasteiger partial charge in [0.1, 0.15) is 6.10 Å². The number of hydrogen-bond acceptors (Lipinski definition) is 4. The summed E-state index contributed by atoms with van der Waals surface area (Å²) in [5.74, 6) is -0.0547. The number of aliphatic hydroxyl groups excluding tert-OH is 1. The second-order valence-electron chi connectivity index (χ2n) is 5.40. The molecule has 6 nitrogen and oxygen atoms in total. The number of hydrogen-bond donors (Lipinski definition) is 2. The highest BCUT2D eigenvalue weighted by Gasteiger charge is 2.37. The third-order valence-electron chi connectivity index (χ3n) is 3.98. The van der Waals surface area contributed by atoms with Crippen LogP contribution in [-0.4, -0.2) is 52.0 Å². The number of benzene rings is 1. The molecule has 2 heterocycles. The predicted octanol–water partition coefficient (Wildman–Crippen LogP) is 1.57. The Morgan fingerprint density at radius 1 is 1.43 bits per heavy atom. The lowest BCUT2D eigenvalue weighted by molar-refractivity contribution is -0.149. The van der Waals surface area contributed by atoms with Gasteiger partial charge in [0, 0.05) is 23.5 Å². The van der Waals surface area contributed by atoms with E-state index in [1.807, 2.05) is 18.2 Å². The van der Waals surface area contributed by atoms with Gasteiger partial charge in [-0.15, -0.1) is 0 Å². The van der Waals surface area contributed by atoms with Crippen molar-refractivity contribution < 1.29 is 14.6 Å². The van der Waals surface area contributed by atoms with Crippen molar-refractivity contribution in [2.45, 2.75) is 18.6 Å². The normalized spacial score (nSPS) is 21.4. The quantitative estimate of drug-likeness (QED) is 0.889. The molecule has 2 N–H and O–H groups in total. The van der Waals surface area contributed by atoms with Gasteiger partial charge in [0.05, 0.1) is 25.7 Å². The molecule has 0 saturated carbocycles. The van der Waals surface area contributed by atoms with E-state index in [0.717, 1.165) is 11.3 Å². The number of aromatic nitrogens is 2. The lowest BCUT2D eigenvalue weighted by Gasteiger charge is -2.41. The van der Waals surface area contributed by atoms with Crippen molar-refractivity contribution in [3.8, 4) is 0 Å². The lowest BCUT2D eigenvalue weighted by atomic mass is 9.97. The summed E-state index contributed by atoms with van der Waals surface area (Å²) in [6, 6.07) is 8.70. The maximum absolute atomic E-state index is 12.7. The number of carbonyl (C=O) groups excluding carboxylic acids is 1. The molecule has 1 aliphatic heterocycles. The Labute approximate surface area is 139 Å². The molecule has 122 valence electrons. The Bertz CT molecular complexity index is 662. The molecule has 1 fully saturated rings. The van der Waals surface area contributed by atoms with E-state index in [9.17, 15) is 9.90 Å². The van der Waals surface area contributed by atoms with Gasteiger partial charge in [-0.25, -0.2) is 0 Å². The summed E-state index contributed by atoms with van der Waals surface area (Å²) in [4.78, 5) is 14.4. The molecular formula is C16H18ClN3O3. The average molecular weight is 336 g/mol. The molecule has 1 aromatic heterocycles. The summed E-state index contributed by atoms with van der Waals surface area (Å²) in [6.45, 7) is 0.671. The summed E-state index contributed by atoms with van der Waals surface area (Å²) < 4.78 is 5.64. The summed E-state index contributed by atoms with van der Waals surface area (Å²) >= 11 is 6.30. The Hall–Kier alpha value is -1.89. The second-order valence-corrected chi connectivity index (χ2v) is 5.81. The minimum absolute atomic E-state index is 0.0547. The maximum atomic E-state index is 12.7. The molecule has 0 unspecified atom stereocenters. The van der Waals surface area contributed by atoms with E-state index in [2.05, 4.69) is 10.2 Å². The number of ether oxygens (including phenoxy) is 1. The number of rotatable bonds is 4. The second kappa shape index (κ2) is 7.12. The Balaban J connectivity index is 1.89. The molecule has 3 rings (SSSR count). The molecule has 7 heteroatoms. The summed E-state index contributed by atoms with van der Waals surface area (Å²) in [5.41, 5.74) is 1.53. The van der Waals surface area contributed by atoms with Crippen LogP contribution in [0.2, 0.25) is 5.02 Å². The molecule has 1 amide bonds. The fourth-order valence-corrected chi connectivity index (χ4v) is 3.14. The van der Waals surface area contributed by atoms with Gasteiger partial charge in [0.25, 0.3) is 0 Å². The zero-order valence-corrected chi connectivity index (χ0v) is 13.2. The van der Waals surface area contributed by atoms with Crippen LogP contribution in [0.4, 0.5) is 0 Å². The third kappa shape index (κ3) is 3.39. The summed E-state index contributed by atoms with van der Waals surface area (Å²) in [7, 11) is 0. The van der Waals surface area contributed by atoms with Gasteiger partial charge in [-0.3, -0.25) is 9.89 Å². The van der Waals surface area contributed by atoms with Crippen molar-refractivity contribution >= 4 is 17.5 Å². The van der Waals surface area contributed by atoms with Gasteiger partial charge in [-0.2, -0.15) is 5.10 Å². The van der Waals surface area contributed by atoms with Crippen molar-refractivity contribution in [1.29, 1.82) is 0 Å². The number of aromatic amines is 1. The van der Waals surface area contributed by atoms with Crippen LogP contribution in [0.15, 0.2) is 36.5 Å². The van der Waals surface area contributed by atoms with Gasteiger partial charge in [0.15, 0.2) is 0 Å². The number of nitrogens with zero attached hydrogens (tertiary/aromatic N) is 2. The lowest BCUT2D eigenvalue weighted by Crippen LogP contribution is -2.50. The van der Waals surface area contributed by atoms with Gasteiger partial charge in [-0.05, 0) is 17.7 Å². The molecule has 1 saturated heterocycles. The Kier molecular flexibility index (Phi) is 4.95. The van der Waals surface area contributed by atoms with Crippen LogP contribution in [0.25, 0.3) is 0 Å². The van der Waals surface area contributed by atoms with Gasteiger partial charge in [-0.1, -0.05) is 29.8 Å². The fourth-order valence-electron chi connectivity index (χ4n) is 2.90. The summed E-state index contributed by atoms with van der Waals surface area (Å²) in [5, 5.41) is 16.9. The molecule has 0 bridgehead atoms. The molecule has 2 atom stereocenters. The van der Waals surface area contributed by atoms with Gasteiger partial charge >= 0.3 is 0 Å². The number of morpholine rings is 1. The molecule has 1 aliphatic rings. The Morgan fingerprint density at radius 2 is 2.26 bits per heavy atom. The van der Waals surface area contributed by atoms with E-state index < -0.39 is 12.1 Å². The molecule has 1 aromatic carbocycles. The van der Waals surface area contributed by atoms with Crippen LogP contribution in [-0.2, 0) is 16.0 Å². The van der Waals surface area contributed by atoms with Crippen LogP contribution < -0.4 is 0 Å². The number of carbonyl (C=O) groups is 1. The number of nitrogens with one attached hydrogen (secondary N) is 1. The van der Waals surface area contributed by atoms with E-state index in [0.29, 0.717) is 18.2 Å². The van der Waals surface area contributed by atoms with Crippen LogP contribution in [0, 0.1) is 0 Å². The van der Waals surface area contributed by atoms with Crippen molar-refractivity contribution in [2.75, 3.05) is 19.8 Å². The van der Waals surface area contributed by atoms with E-state index in [1.54, 1.807) is 23.2 Å². The molecule has 0 aliphatic carbocycles. The number of amides is 1. The monoisotopic (exact) mass is 335 g/mol. The fraction of sp³-hybridized carbons (Fsp3) is 0.375. The number of halogens is 1. The minimum Gasteiger partial charge on any atom is -0.394 e. The highest BCUT2D eigenvalue weighted by Crippen LogP contribution is 2.34. The highest BCUT2D eigenvalue weighted by atomic mass is 35.5. The molecule has 0 radical (unpaired) electrons. The molecule has 2 aromatic rings. The van der Waals surface area contributed by atoms with E-state index in [1.165, 1.54) is 0 Å². The standard InChI is InChI=1S/C16H18ClN3O3/c17-13-4-2-1-3-12(13)16-14(10-21)23-8-7-20(16)15(22)9-11-5-6-18-19-11/h1-6,14,16,21H,7-10H2,(H,18,19)/t14-,16-/m0/s1. The Morgan fingerprint density at radius 3 is 2.96 bits per heavy atom. The first-order chi connectivity index (χ1) is 11.2. The molecule has 0 spiro atoms. The zero-order valence-electron chi connectivity index (χ0n) is 12.5. The van der Waals surface area contributed by atoms with Crippen molar-refractivity contribution in [1.82, 2.24) is 15.1 Å². The molecule has 23 heavy (non-hydrogen) atoms. The largest absolute Gasteiger partial charge is 0.394 e. The smallest absolute Gasteiger partial charge is 0.229 e. The van der Waals surface area contributed by atoms with Crippen LogP contribution >= 0.6 is 11.6 Å². The van der Waals surface area contributed by atoms with Gasteiger partial charge in [0.2, 0.25) is 5.91 Å². The molecular weight excluding hydrogens is 318 g/mol. The first kappa shape index (κ1) is 16.0. The summed E-state index contributed by atoms with van der Waals surface area (Å²) in [6.07, 6.45) is 1.35. The van der Waals surface area contributed by atoms with Crippen LogP contribution in [0.5, 0.6) is 0 Å². The van der Waals surface area contributed by atoms with Gasteiger partial charge < -0.3 is 14.7 Å². The van der Waals surface area contributed by atoms with Crippen molar-refractivity contribution in [2.24, 2.45) is 0 Å². The zero-order chi connectivity index (χ0) is 16.2. The first-order valence-electron chi connectivity index (χ1n) is 7.45. The van der Waals surface area contributed by atoms with Crippen LogP contribution in [0.1, 0.15) is 17.3 Å². The van der Waals surface area contributed by atoms with Crippen LogP contribution in [0.3, 0.4) is 0 Å². The van der Waals surface area contributed by atoms with E-state index in [4.69, 9.17) is 16.3 Å². The maximum Gasteiger partial charge on any atom is 0.229 e. The van der Waals surface area contributed by atoms with Crippen molar-refractivity contribution in [3.05, 3.63) is 52.8 Å². The van der Waals surface area contributed by atoms with E-state index in [-0.39, 0.29) is 18.9 Å². The number of aliphatic hydroxyl groups is 1. The van der Waals surface area contributed by atoms with Crippen molar-refractivity contribution in [3.63, 3.8) is 0 Å². The highest BCUT2D eigenvalue weighted by molar-refractivity contribution is 6.31. The predicted molar refractivity (Wildman–Crippen MR) is 85.0 cm³/mol. The minimum atomic E-state index is -0.491. The third-order valence-corrected chi connectivity index (χ3v) is 4.32. The topological polar surface area (TPSA) is 78.5 Å². The van der Waals surface area contributed by atoms with E-state index >= 15 is 0 Å². The number of H-pyrrole nitrogens is 1. The SMILES string of the molecule is O=C(Cc1ccn[nH]1)N1CCO[C@@H](CO)[C@@H]1c1ccccc1Cl. The average Bonchev–Trinajstić information content (AvgIpc) is 3.07.